The topological polar surface area (TPSA) is 30.5 Å². The minimum Gasteiger partial charge on any atom is -0.493 e. The second-order valence-electron chi connectivity index (χ2n) is 5.34. The van der Waals surface area contributed by atoms with Crippen molar-refractivity contribution >= 4 is 11.6 Å². The Balaban J connectivity index is 2.13. The standard InChI is InChI=1S/C16H24ClNO2/c1-3-18-10-13-8-14(17)9-15(19-2)16(13)20-11-12-6-4-5-7-12/h8-9,12,18H,3-7,10-11H2,1-2H3. The van der Waals surface area contributed by atoms with Crippen LogP contribution >= 0.6 is 11.6 Å². The molecular weight excluding hydrogens is 274 g/mol. The normalized spacial score (nSPS) is 15.6. The molecule has 0 atom stereocenters. The summed E-state index contributed by atoms with van der Waals surface area (Å²) < 4.78 is 11.5. The van der Waals surface area contributed by atoms with Crippen molar-refractivity contribution in [3.05, 3.63) is 22.7 Å². The van der Waals surface area contributed by atoms with Gasteiger partial charge in [-0.25, -0.2) is 0 Å². The van der Waals surface area contributed by atoms with E-state index in [0.29, 0.717) is 10.9 Å². The lowest BCUT2D eigenvalue weighted by Crippen LogP contribution is -2.15. The number of nitrogens with one attached hydrogen (secondary N) is 1. The summed E-state index contributed by atoms with van der Waals surface area (Å²) in [5.74, 6) is 2.25. The van der Waals surface area contributed by atoms with Gasteiger partial charge in [0.15, 0.2) is 11.5 Å². The van der Waals surface area contributed by atoms with Crippen molar-refractivity contribution in [2.75, 3.05) is 20.3 Å². The Morgan fingerprint density at radius 1 is 1.30 bits per heavy atom. The largest absolute Gasteiger partial charge is 0.493 e. The molecule has 20 heavy (non-hydrogen) atoms. The number of hydrogen-bond acceptors (Lipinski definition) is 3. The van der Waals surface area contributed by atoms with Crippen molar-refractivity contribution in [1.82, 2.24) is 5.32 Å². The van der Waals surface area contributed by atoms with Crippen LogP contribution in [0.15, 0.2) is 12.1 Å². The van der Waals surface area contributed by atoms with Gasteiger partial charge in [-0.05, 0) is 31.4 Å². The number of ether oxygens (including phenoxy) is 2. The van der Waals surface area contributed by atoms with Gasteiger partial charge in [0.05, 0.1) is 13.7 Å². The van der Waals surface area contributed by atoms with E-state index in [-0.39, 0.29) is 0 Å². The van der Waals surface area contributed by atoms with E-state index in [0.717, 1.165) is 36.8 Å². The van der Waals surface area contributed by atoms with E-state index in [1.807, 2.05) is 12.1 Å². The summed E-state index contributed by atoms with van der Waals surface area (Å²) in [5.41, 5.74) is 1.06. The molecule has 1 aromatic rings. The number of rotatable bonds is 7. The van der Waals surface area contributed by atoms with Crippen molar-refractivity contribution in [3.8, 4) is 11.5 Å². The lowest BCUT2D eigenvalue weighted by molar-refractivity contribution is 0.238. The van der Waals surface area contributed by atoms with Crippen molar-refractivity contribution < 1.29 is 9.47 Å². The smallest absolute Gasteiger partial charge is 0.165 e. The van der Waals surface area contributed by atoms with Gasteiger partial charge in [-0.2, -0.15) is 0 Å². The van der Waals surface area contributed by atoms with E-state index < -0.39 is 0 Å². The Hall–Kier alpha value is -0.930. The van der Waals surface area contributed by atoms with Crippen LogP contribution in [0.3, 0.4) is 0 Å². The Kier molecular flexibility index (Phi) is 5.99. The summed E-state index contributed by atoms with van der Waals surface area (Å²) in [6.07, 6.45) is 5.21. The highest BCUT2D eigenvalue weighted by atomic mass is 35.5. The van der Waals surface area contributed by atoms with Gasteiger partial charge < -0.3 is 14.8 Å². The zero-order valence-corrected chi connectivity index (χ0v) is 13.1. The molecule has 0 aliphatic heterocycles. The van der Waals surface area contributed by atoms with Crippen LogP contribution in [-0.2, 0) is 6.54 Å². The summed E-state index contributed by atoms with van der Waals surface area (Å²) in [5, 5.41) is 4.00. The molecule has 0 unspecified atom stereocenters. The molecule has 2 rings (SSSR count). The fraction of sp³-hybridized carbons (Fsp3) is 0.625. The van der Waals surface area contributed by atoms with Crippen LogP contribution in [0.1, 0.15) is 38.2 Å². The molecular formula is C16H24ClNO2. The van der Waals surface area contributed by atoms with Crippen molar-refractivity contribution in [1.29, 1.82) is 0 Å². The van der Waals surface area contributed by atoms with Crippen LogP contribution in [0.25, 0.3) is 0 Å². The third-order valence-electron chi connectivity index (χ3n) is 3.82. The first-order valence-corrected chi connectivity index (χ1v) is 7.82. The van der Waals surface area contributed by atoms with Crippen molar-refractivity contribution in [2.45, 2.75) is 39.2 Å². The lowest BCUT2D eigenvalue weighted by atomic mass is 10.1. The molecule has 1 aliphatic carbocycles. The van der Waals surface area contributed by atoms with Gasteiger partial charge in [0.2, 0.25) is 0 Å². The van der Waals surface area contributed by atoms with Crippen molar-refractivity contribution in [2.24, 2.45) is 5.92 Å². The summed E-state index contributed by atoms with van der Waals surface area (Å²) in [6, 6.07) is 3.78. The molecule has 0 saturated heterocycles. The van der Waals surface area contributed by atoms with E-state index in [1.54, 1.807) is 7.11 Å². The van der Waals surface area contributed by atoms with Crippen LogP contribution < -0.4 is 14.8 Å². The van der Waals surface area contributed by atoms with Crippen molar-refractivity contribution in [3.63, 3.8) is 0 Å². The van der Waals surface area contributed by atoms with E-state index in [2.05, 4.69) is 12.2 Å². The number of methoxy groups -OCH3 is 1. The highest BCUT2D eigenvalue weighted by Gasteiger charge is 2.18. The van der Waals surface area contributed by atoms with E-state index >= 15 is 0 Å². The van der Waals surface area contributed by atoms with Gasteiger partial charge in [-0.15, -0.1) is 0 Å². The second-order valence-corrected chi connectivity index (χ2v) is 5.77. The molecule has 0 bridgehead atoms. The maximum Gasteiger partial charge on any atom is 0.165 e. The van der Waals surface area contributed by atoms with Gasteiger partial charge in [0, 0.05) is 23.2 Å². The van der Waals surface area contributed by atoms with Gasteiger partial charge >= 0.3 is 0 Å². The molecule has 0 amide bonds. The third-order valence-corrected chi connectivity index (χ3v) is 4.04. The van der Waals surface area contributed by atoms with Gasteiger partial charge in [0.1, 0.15) is 0 Å². The molecule has 1 aliphatic rings. The van der Waals surface area contributed by atoms with E-state index in [1.165, 1.54) is 25.7 Å². The van der Waals surface area contributed by atoms with Crippen LogP contribution in [-0.4, -0.2) is 20.3 Å². The maximum atomic E-state index is 6.14. The number of hydrogen-bond donors (Lipinski definition) is 1. The molecule has 0 radical (unpaired) electrons. The SMILES string of the molecule is CCNCc1cc(Cl)cc(OC)c1OCC1CCCC1. The summed E-state index contributed by atoms with van der Waals surface area (Å²) in [6.45, 7) is 4.52. The van der Waals surface area contributed by atoms with Gasteiger partial charge in [-0.3, -0.25) is 0 Å². The average Bonchev–Trinajstić information content (AvgIpc) is 2.96. The van der Waals surface area contributed by atoms with Crippen LogP contribution in [0, 0.1) is 5.92 Å². The fourth-order valence-corrected chi connectivity index (χ4v) is 2.94. The Morgan fingerprint density at radius 2 is 2.05 bits per heavy atom. The zero-order chi connectivity index (χ0) is 14.4. The first-order valence-electron chi connectivity index (χ1n) is 7.44. The average molecular weight is 298 g/mol. The molecule has 0 aromatic heterocycles. The molecule has 1 aromatic carbocycles. The summed E-state index contributed by atoms with van der Waals surface area (Å²) in [7, 11) is 1.66. The third kappa shape index (κ3) is 4.03. The zero-order valence-electron chi connectivity index (χ0n) is 12.4. The number of benzene rings is 1. The summed E-state index contributed by atoms with van der Waals surface area (Å²) >= 11 is 6.14. The fourth-order valence-electron chi connectivity index (χ4n) is 2.71. The molecule has 1 N–H and O–H groups in total. The van der Waals surface area contributed by atoms with E-state index in [4.69, 9.17) is 21.1 Å². The minimum absolute atomic E-state index is 0.683. The monoisotopic (exact) mass is 297 g/mol. The molecule has 4 heteroatoms. The predicted molar refractivity (Wildman–Crippen MR) is 82.8 cm³/mol. The first-order chi connectivity index (χ1) is 9.74. The second kappa shape index (κ2) is 7.75. The summed E-state index contributed by atoms with van der Waals surface area (Å²) in [4.78, 5) is 0. The molecule has 1 fully saturated rings. The van der Waals surface area contributed by atoms with Gasteiger partial charge in [-0.1, -0.05) is 31.4 Å². The number of halogens is 1. The highest BCUT2D eigenvalue weighted by Crippen LogP contribution is 2.36. The minimum atomic E-state index is 0.683. The van der Waals surface area contributed by atoms with Crippen LogP contribution in [0.5, 0.6) is 11.5 Å². The molecule has 0 heterocycles. The first kappa shape index (κ1) is 15.5. The van der Waals surface area contributed by atoms with Crippen LogP contribution in [0.2, 0.25) is 5.02 Å². The Morgan fingerprint density at radius 3 is 2.70 bits per heavy atom. The molecule has 3 nitrogen and oxygen atoms in total. The molecule has 0 spiro atoms. The molecule has 112 valence electrons. The Labute approximate surface area is 126 Å². The highest BCUT2D eigenvalue weighted by molar-refractivity contribution is 6.30. The quantitative estimate of drug-likeness (QED) is 0.824. The molecule has 1 saturated carbocycles. The van der Waals surface area contributed by atoms with Crippen LogP contribution in [0.4, 0.5) is 0 Å². The lowest BCUT2D eigenvalue weighted by Gasteiger charge is -2.18. The van der Waals surface area contributed by atoms with Gasteiger partial charge in [0.25, 0.3) is 0 Å². The van der Waals surface area contributed by atoms with E-state index in [9.17, 15) is 0 Å². The Bertz CT molecular complexity index is 431. The predicted octanol–water partition coefficient (Wildman–Crippen LogP) is 4.03. The maximum absolute atomic E-state index is 6.14.